The zero-order chi connectivity index (χ0) is 26.6. The van der Waals surface area contributed by atoms with Crippen LogP contribution in [-0.4, -0.2) is 74.8 Å². The van der Waals surface area contributed by atoms with Crippen molar-refractivity contribution in [2.75, 3.05) is 45.4 Å². The van der Waals surface area contributed by atoms with Gasteiger partial charge in [0, 0.05) is 37.7 Å². The molecule has 2 fully saturated rings. The number of hydrogen-bond acceptors (Lipinski definition) is 8. The van der Waals surface area contributed by atoms with Gasteiger partial charge in [0.2, 0.25) is 15.7 Å². The molecule has 2 aliphatic rings. The molecule has 0 bridgehead atoms. The molecule has 3 heterocycles. The maximum atomic E-state index is 15.8. The van der Waals surface area contributed by atoms with Crippen molar-refractivity contribution < 1.29 is 40.2 Å². The number of ether oxygens (including phenoxy) is 3. The number of methoxy groups -OCH3 is 2. The van der Waals surface area contributed by atoms with Gasteiger partial charge in [-0.25, -0.2) is 22.2 Å². The molecule has 1 unspecified atom stereocenters. The van der Waals surface area contributed by atoms with E-state index in [1.165, 1.54) is 43.5 Å². The van der Waals surface area contributed by atoms with Crippen molar-refractivity contribution in [2.24, 2.45) is 0 Å². The van der Waals surface area contributed by atoms with Crippen molar-refractivity contribution in [2.45, 2.75) is 23.0 Å². The number of halogens is 4. The third-order valence-corrected chi connectivity index (χ3v) is 8.47. The fourth-order valence-corrected chi connectivity index (χ4v) is 6.44. The van der Waals surface area contributed by atoms with Crippen LogP contribution < -0.4 is 14.4 Å². The fourth-order valence-electron chi connectivity index (χ4n) is 4.71. The van der Waals surface area contributed by atoms with Crippen LogP contribution in [0.15, 0.2) is 41.4 Å². The first-order chi connectivity index (χ1) is 17.5. The van der Waals surface area contributed by atoms with Crippen LogP contribution in [0.5, 0.6) is 11.5 Å². The van der Waals surface area contributed by atoms with Gasteiger partial charge in [0.15, 0.2) is 23.1 Å². The van der Waals surface area contributed by atoms with E-state index >= 15 is 8.78 Å². The van der Waals surface area contributed by atoms with E-state index in [0.29, 0.717) is 4.31 Å². The molecule has 14 heteroatoms. The van der Waals surface area contributed by atoms with E-state index in [1.807, 2.05) is 0 Å². The van der Waals surface area contributed by atoms with Gasteiger partial charge < -0.3 is 19.1 Å². The number of anilines is 1. The minimum atomic E-state index is -4.43. The fraction of sp³-hybridized carbons (Fsp3) is 0.391. The molecule has 5 rings (SSSR count). The lowest BCUT2D eigenvalue weighted by atomic mass is 9.96. The van der Waals surface area contributed by atoms with Gasteiger partial charge in [0.25, 0.3) is 0 Å². The highest BCUT2D eigenvalue weighted by Gasteiger charge is 2.66. The van der Waals surface area contributed by atoms with Crippen LogP contribution in [0, 0.1) is 11.6 Å². The van der Waals surface area contributed by atoms with Crippen molar-refractivity contribution in [3.63, 3.8) is 0 Å². The monoisotopic (exact) mass is 542 g/mol. The van der Waals surface area contributed by atoms with Gasteiger partial charge in [0.1, 0.15) is 5.82 Å². The highest BCUT2D eigenvalue weighted by molar-refractivity contribution is 7.89. The summed E-state index contributed by atoms with van der Waals surface area (Å²) in [5.74, 6) is -5.49. The van der Waals surface area contributed by atoms with Crippen molar-refractivity contribution in [3.8, 4) is 11.5 Å². The van der Waals surface area contributed by atoms with Crippen LogP contribution in [-0.2, 0) is 14.8 Å². The predicted molar refractivity (Wildman–Crippen MR) is 123 cm³/mol. The summed E-state index contributed by atoms with van der Waals surface area (Å²) < 4.78 is 102. The lowest BCUT2D eigenvalue weighted by Gasteiger charge is -2.48. The maximum Gasteiger partial charge on any atom is 0.307 e. The normalized spacial score (nSPS) is 22.1. The van der Waals surface area contributed by atoms with Gasteiger partial charge >= 0.3 is 5.92 Å². The van der Waals surface area contributed by atoms with Gasteiger partial charge in [-0.05, 0) is 12.1 Å². The van der Waals surface area contributed by atoms with Gasteiger partial charge in [0.05, 0.1) is 49.5 Å². The summed E-state index contributed by atoms with van der Waals surface area (Å²) in [5.41, 5.74) is -2.36. The van der Waals surface area contributed by atoms with Crippen LogP contribution in [0.2, 0.25) is 0 Å². The minimum absolute atomic E-state index is 0.00484. The Balaban J connectivity index is 1.46. The number of sulfonamides is 1. The summed E-state index contributed by atoms with van der Waals surface area (Å²) in [4.78, 5) is 9.12. The average Bonchev–Trinajstić information content (AvgIpc) is 3.32. The molecule has 2 saturated heterocycles. The molecule has 9 nitrogen and oxygen atoms in total. The first-order valence-corrected chi connectivity index (χ1v) is 12.6. The summed E-state index contributed by atoms with van der Waals surface area (Å²) in [5, 5.41) is 0. The van der Waals surface area contributed by atoms with Gasteiger partial charge in [-0.15, -0.1) is 0 Å². The molecule has 0 saturated carbocycles. The molecule has 198 valence electrons. The Morgan fingerprint density at radius 2 is 1.70 bits per heavy atom. The molecule has 2 aliphatic heterocycles. The molecule has 0 N–H and O–H groups in total. The summed E-state index contributed by atoms with van der Waals surface area (Å²) in [6.07, 6.45) is 0.797. The topological polar surface area (TPSA) is 94.1 Å². The second kappa shape index (κ2) is 8.96. The Hall–Kier alpha value is -3.23. The number of piperidine rings is 1. The second-order valence-corrected chi connectivity index (χ2v) is 10.4. The Morgan fingerprint density at radius 3 is 2.38 bits per heavy atom. The largest absolute Gasteiger partial charge is 0.493 e. The molecule has 1 aromatic heterocycles. The molecule has 37 heavy (non-hydrogen) atoms. The van der Waals surface area contributed by atoms with E-state index in [-0.39, 0.29) is 59.4 Å². The smallest absolute Gasteiger partial charge is 0.307 e. The molecule has 3 aromatic rings. The number of nitrogens with zero attached hydrogens (tertiary/aromatic N) is 4. The number of hydrogen-bond donors (Lipinski definition) is 0. The Kier molecular flexibility index (Phi) is 6.15. The van der Waals surface area contributed by atoms with Crippen LogP contribution in [0.3, 0.4) is 0 Å². The third-order valence-electron chi connectivity index (χ3n) is 6.56. The molecule has 0 radical (unpaired) electrons. The average molecular weight is 543 g/mol. The van der Waals surface area contributed by atoms with E-state index in [2.05, 4.69) is 9.97 Å². The van der Waals surface area contributed by atoms with E-state index in [9.17, 15) is 17.2 Å². The lowest BCUT2D eigenvalue weighted by molar-refractivity contribution is -0.228. The van der Waals surface area contributed by atoms with Crippen molar-refractivity contribution in [1.29, 1.82) is 0 Å². The zero-order valence-corrected chi connectivity index (χ0v) is 20.6. The van der Waals surface area contributed by atoms with Crippen molar-refractivity contribution >= 4 is 26.9 Å². The minimum Gasteiger partial charge on any atom is -0.493 e. The number of benzene rings is 2. The molecule has 1 spiro atoms. The van der Waals surface area contributed by atoms with E-state index in [0.717, 1.165) is 12.1 Å². The number of fused-ring (bicyclic) bond motifs is 1. The first-order valence-electron chi connectivity index (χ1n) is 11.2. The highest BCUT2D eigenvalue weighted by Crippen LogP contribution is 2.48. The maximum absolute atomic E-state index is 15.8. The van der Waals surface area contributed by atoms with Crippen LogP contribution >= 0.6 is 0 Å². The lowest BCUT2D eigenvalue weighted by Crippen LogP contribution is -2.67. The zero-order valence-electron chi connectivity index (χ0n) is 19.7. The van der Waals surface area contributed by atoms with E-state index < -0.39 is 39.9 Å². The van der Waals surface area contributed by atoms with E-state index in [4.69, 9.17) is 14.2 Å². The number of rotatable bonds is 5. The van der Waals surface area contributed by atoms with Crippen molar-refractivity contribution in [3.05, 3.63) is 48.2 Å². The summed E-state index contributed by atoms with van der Waals surface area (Å²) in [6, 6.07) is 5.54. The number of alkyl halides is 2. The second-order valence-electron chi connectivity index (χ2n) is 8.59. The Labute approximate surface area is 209 Å². The summed E-state index contributed by atoms with van der Waals surface area (Å²) >= 11 is 0. The predicted octanol–water partition coefficient (Wildman–Crippen LogP) is 3.19. The van der Waals surface area contributed by atoms with Gasteiger partial charge in [-0.3, -0.25) is 4.98 Å². The molecule has 0 aliphatic carbocycles. The molecular weight excluding hydrogens is 520 g/mol. The Morgan fingerprint density at radius 1 is 1.00 bits per heavy atom. The van der Waals surface area contributed by atoms with Gasteiger partial charge in [-0.1, -0.05) is 0 Å². The quantitative estimate of drug-likeness (QED) is 0.454. The Bertz CT molecular complexity index is 1480. The van der Waals surface area contributed by atoms with Crippen LogP contribution in [0.1, 0.15) is 6.42 Å². The highest BCUT2D eigenvalue weighted by atomic mass is 32.2. The number of aromatic nitrogens is 2. The molecule has 2 aromatic carbocycles. The summed E-state index contributed by atoms with van der Waals surface area (Å²) in [7, 11) is -1.71. The first kappa shape index (κ1) is 25.4. The summed E-state index contributed by atoms with van der Waals surface area (Å²) in [6.45, 7) is -1.48. The molecule has 0 amide bonds. The third kappa shape index (κ3) is 4.03. The van der Waals surface area contributed by atoms with Crippen molar-refractivity contribution in [1.82, 2.24) is 14.3 Å². The van der Waals surface area contributed by atoms with Crippen LogP contribution in [0.25, 0.3) is 11.0 Å². The SMILES string of the molecule is COc1ccc(S(=O)(=O)N2CCOC23CCN(c2cnc4cc(F)c(F)cc4n2)CC3(F)F)cc1OC. The molecular formula is C23H22F4N4O5S. The van der Waals surface area contributed by atoms with Crippen LogP contribution in [0.4, 0.5) is 23.4 Å². The van der Waals surface area contributed by atoms with Gasteiger partial charge in [-0.2, -0.15) is 13.1 Å². The van der Waals surface area contributed by atoms with E-state index in [1.54, 1.807) is 0 Å². The molecule has 1 atom stereocenters. The standard InChI is InChI=1S/C23H22F4N4O5S/c1-34-19-4-3-14(9-20(19)35-2)37(32,33)31-7-8-36-23(31)5-6-30(13-22(23,26)27)21-12-28-17-10-15(24)16(25)11-18(17)29-21/h3-4,9-12H,5-8,13H2,1-2H3.